The lowest BCUT2D eigenvalue weighted by Gasteiger charge is -2.28. The lowest BCUT2D eigenvalue weighted by Crippen LogP contribution is -2.11. The van der Waals surface area contributed by atoms with Crippen molar-refractivity contribution in [3.05, 3.63) is 188 Å². The van der Waals surface area contributed by atoms with E-state index in [9.17, 15) is 0 Å². The van der Waals surface area contributed by atoms with E-state index in [0.29, 0.717) is 0 Å². The number of anilines is 3. The lowest BCUT2D eigenvalue weighted by molar-refractivity contribution is 0.670. The summed E-state index contributed by atoms with van der Waals surface area (Å²) in [5.74, 6) is 0. The maximum atomic E-state index is 6.70. The molecule has 0 aliphatic rings. The number of fused-ring (bicyclic) bond motifs is 4. The highest BCUT2D eigenvalue weighted by atomic mass is 16.3. The smallest absolute Gasteiger partial charge is 0.145 e. The van der Waals surface area contributed by atoms with E-state index in [1.165, 1.54) is 33.0 Å². The summed E-state index contributed by atoms with van der Waals surface area (Å²) in [6.07, 6.45) is 0. The van der Waals surface area contributed by atoms with E-state index < -0.39 is 0 Å². The Morgan fingerprint density at radius 3 is 1.62 bits per heavy atom. The van der Waals surface area contributed by atoms with Gasteiger partial charge in [-0.15, -0.1) is 0 Å². The molecule has 0 unspecified atom stereocenters. The Hall–Kier alpha value is -6.38. The van der Waals surface area contributed by atoms with Crippen molar-refractivity contribution in [1.29, 1.82) is 0 Å². The van der Waals surface area contributed by atoms with Crippen LogP contribution in [0.5, 0.6) is 0 Å². The topological polar surface area (TPSA) is 16.4 Å². The Labute approximate surface area is 279 Å². The third-order valence-corrected chi connectivity index (χ3v) is 9.27. The van der Waals surface area contributed by atoms with E-state index in [4.69, 9.17) is 4.42 Å². The normalized spacial score (nSPS) is 11.3. The van der Waals surface area contributed by atoms with Gasteiger partial charge in [-0.2, -0.15) is 0 Å². The number of hydrogen-bond donors (Lipinski definition) is 0. The first-order chi connectivity index (χ1) is 23.8. The molecule has 0 radical (unpaired) electrons. The summed E-state index contributed by atoms with van der Waals surface area (Å²) >= 11 is 0. The molecule has 0 aliphatic carbocycles. The maximum absolute atomic E-state index is 6.70. The van der Waals surface area contributed by atoms with Gasteiger partial charge in [0.1, 0.15) is 11.2 Å². The Balaban J connectivity index is 1.21. The van der Waals surface area contributed by atoms with Crippen LogP contribution < -0.4 is 4.90 Å². The van der Waals surface area contributed by atoms with Crippen molar-refractivity contribution >= 4 is 49.8 Å². The summed E-state index contributed by atoms with van der Waals surface area (Å²) in [4.78, 5) is 2.35. The summed E-state index contributed by atoms with van der Waals surface area (Å²) in [6.45, 7) is 0. The molecule has 0 atom stereocenters. The molecule has 2 heteroatoms. The summed E-state index contributed by atoms with van der Waals surface area (Å²) in [5.41, 5.74) is 12.0. The molecule has 1 aromatic heterocycles. The van der Waals surface area contributed by atoms with E-state index >= 15 is 0 Å². The van der Waals surface area contributed by atoms with Crippen molar-refractivity contribution in [2.24, 2.45) is 0 Å². The Morgan fingerprint density at radius 1 is 0.354 bits per heavy atom. The molecular formula is C46H31NO. The van der Waals surface area contributed by atoms with Gasteiger partial charge in [-0.25, -0.2) is 0 Å². The van der Waals surface area contributed by atoms with E-state index in [-0.39, 0.29) is 0 Å². The molecule has 0 bridgehead atoms. The van der Waals surface area contributed by atoms with Crippen molar-refractivity contribution in [3.63, 3.8) is 0 Å². The highest BCUT2D eigenvalue weighted by Gasteiger charge is 2.23. The van der Waals surface area contributed by atoms with Crippen LogP contribution in [0.25, 0.3) is 66.1 Å². The average Bonchev–Trinajstić information content (AvgIpc) is 3.55. The molecule has 226 valence electrons. The fourth-order valence-electron chi connectivity index (χ4n) is 6.88. The van der Waals surface area contributed by atoms with Gasteiger partial charge < -0.3 is 9.32 Å². The SMILES string of the molecule is c1ccc(-c2ccc(-c3ccc(N(c4ccccc4)c4ccc5c(oc6ccccc65)c4-c4ccc5ccccc5c4)cc3)cc2)cc1. The fourth-order valence-corrected chi connectivity index (χ4v) is 6.88. The third kappa shape index (κ3) is 4.92. The number of para-hydroxylation sites is 2. The zero-order valence-corrected chi connectivity index (χ0v) is 26.3. The van der Waals surface area contributed by atoms with Gasteiger partial charge in [0.05, 0.1) is 5.69 Å². The van der Waals surface area contributed by atoms with Crippen LogP contribution >= 0.6 is 0 Å². The van der Waals surface area contributed by atoms with E-state index in [1.807, 2.05) is 6.07 Å². The Bertz CT molecular complexity index is 2530. The van der Waals surface area contributed by atoms with Crippen LogP contribution in [-0.2, 0) is 0 Å². The highest BCUT2D eigenvalue weighted by molar-refractivity contribution is 6.13. The van der Waals surface area contributed by atoms with Crippen molar-refractivity contribution in [1.82, 2.24) is 0 Å². The molecule has 0 spiro atoms. The maximum Gasteiger partial charge on any atom is 0.145 e. The minimum atomic E-state index is 0.889. The molecule has 8 aromatic carbocycles. The number of rotatable bonds is 6. The van der Waals surface area contributed by atoms with E-state index in [1.54, 1.807) is 0 Å². The van der Waals surface area contributed by atoms with Crippen molar-refractivity contribution in [2.45, 2.75) is 0 Å². The summed E-state index contributed by atoms with van der Waals surface area (Å²) in [7, 11) is 0. The summed E-state index contributed by atoms with van der Waals surface area (Å²) in [6, 6.07) is 66.8. The van der Waals surface area contributed by atoms with Crippen LogP contribution in [-0.4, -0.2) is 0 Å². The summed E-state index contributed by atoms with van der Waals surface area (Å²) < 4.78 is 6.70. The minimum Gasteiger partial charge on any atom is -0.455 e. The van der Waals surface area contributed by atoms with Gasteiger partial charge in [0.25, 0.3) is 0 Å². The zero-order valence-electron chi connectivity index (χ0n) is 26.3. The molecule has 9 rings (SSSR count). The first kappa shape index (κ1) is 27.9. The van der Waals surface area contributed by atoms with Gasteiger partial charge in [0, 0.05) is 27.7 Å². The van der Waals surface area contributed by atoms with Gasteiger partial charge in [-0.1, -0.05) is 140 Å². The number of furan rings is 1. The zero-order chi connectivity index (χ0) is 31.9. The largest absolute Gasteiger partial charge is 0.455 e. The second-order valence-corrected chi connectivity index (χ2v) is 12.2. The van der Waals surface area contributed by atoms with Crippen molar-refractivity contribution in [2.75, 3.05) is 4.90 Å². The van der Waals surface area contributed by atoms with Gasteiger partial charge >= 0.3 is 0 Å². The van der Waals surface area contributed by atoms with Crippen LogP contribution in [0.4, 0.5) is 17.1 Å². The molecular weight excluding hydrogens is 583 g/mol. The van der Waals surface area contributed by atoms with Crippen LogP contribution in [0, 0.1) is 0 Å². The molecule has 9 aromatic rings. The standard InChI is InChI=1S/C46H31NO/c1-3-11-32(12-4-1)34-19-21-35(22-20-34)36-25-27-40(28-26-36)47(39-15-5-2-6-16-39)43-30-29-42-41-17-9-10-18-44(41)48-46(42)45(43)38-24-23-33-13-7-8-14-37(33)31-38/h1-31H. The lowest BCUT2D eigenvalue weighted by atomic mass is 9.96. The van der Waals surface area contributed by atoms with Crippen LogP contribution in [0.15, 0.2) is 192 Å². The van der Waals surface area contributed by atoms with E-state index in [2.05, 4.69) is 187 Å². The van der Waals surface area contributed by atoms with E-state index in [0.717, 1.165) is 50.1 Å². The Kier molecular flexibility index (Phi) is 6.84. The first-order valence-electron chi connectivity index (χ1n) is 16.3. The van der Waals surface area contributed by atoms with Gasteiger partial charge in [0.2, 0.25) is 0 Å². The minimum absolute atomic E-state index is 0.889. The molecule has 0 N–H and O–H groups in total. The molecule has 0 aliphatic heterocycles. The highest BCUT2D eigenvalue weighted by Crippen LogP contribution is 2.47. The second-order valence-electron chi connectivity index (χ2n) is 12.2. The molecule has 0 saturated heterocycles. The molecule has 2 nitrogen and oxygen atoms in total. The van der Waals surface area contributed by atoms with Crippen molar-refractivity contribution < 1.29 is 4.42 Å². The first-order valence-corrected chi connectivity index (χ1v) is 16.3. The Morgan fingerprint density at radius 2 is 0.896 bits per heavy atom. The molecule has 0 amide bonds. The monoisotopic (exact) mass is 613 g/mol. The van der Waals surface area contributed by atoms with Gasteiger partial charge in [-0.05, 0) is 87.1 Å². The fraction of sp³-hybridized carbons (Fsp3) is 0. The van der Waals surface area contributed by atoms with Crippen LogP contribution in [0.1, 0.15) is 0 Å². The van der Waals surface area contributed by atoms with Crippen molar-refractivity contribution in [3.8, 4) is 33.4 Å². The van der Waals surface area contributed by atoms with Crippen LogP contribution in [0.3, 0.4) is 0 Å². The average molecular weight is 614 g/mol. The number of hydrogen-bond acceptors (Lipinski definition) is 2. The molecule has 1 heterocycles. The van der Waals surface area contributed by atoms with Gasteiger partial charge in [-0.3, -0.25) is 0 Å². The quantitative estimate of drug-likeness (QED) is 0.185. The third-order valence-electron chi connectivity index (χ3n) is 9.27. The number of benzene rings is 8. The van der Waals surface area contributed by atoms with Gasteiger partial charge in [0.15, 0.2) is 0 Å². The summed E-state index contributed by atoms with van der Waals surface area (Å²) in [5, 5.41) is 4.64. The molecule has 0 fully saturated rings. The molecule has 48 heavy (non-hydrogen) atoms. The number of nitrogens with zero attached hydrogens (tertiary/aromatic N) is 1. The predicted molar refractivity (Wildman–Crippen MR) is 202 cm³/mol. The second kappa shape index (κ2) is 11.8. The predicted octanol–water partition coefficient (Wildman–Crippen LogP) is 13.2. The van der Waals surface area contributed by atoms with Crippen LogP contribution in [0.2, 0.25) is 0 Å². The molecule has 0 saturated carbocycles.